The van der Waals surface area contributed by atoms with Crippen LogP contribution in [0.4, 0.5) is 0 Å². The van der Waals surface area contributed by atoms with Crippen LogP contribution in [-0.2, 0) is 6.54 Å². The molecule has 0 unspecified atom stereocenters. The molecule has 0 heterocycles. The van der Waals surface area contributed by atoms with Crippen molar-refractivity contribution in [3.05, 3.63) is 34.9 Å². The summed E-state index contributed by atoms with van der Waals surface area (Å²) in [7, 11) is 0. The van der Waals surface area contributed by atoms with Gasteiger partial charge in [-0.1, -0.05) is 19.9 Å². The van der Waals surface area contributed by atoms with Crippen LogP contribution in [0.1, 0.15) is 37.0 Å². The van der Waals surface area contributed by atoms with Crippen molar-refractivity contribution in [2.24, 2.45) is 5.41 Å². The van der Waals surface area contributed by atoms with Crippen molar-refractivity contribution in [3.8, 4) is 6.07 Å². The number of aryl methyl sites for hydroxylation is 1. The predicted molar refractivity (Wildman–Crippen MR) is 73.1 cm³/mol. The molecule has 0 fully saturated rings. The molecule has 98 valence electrons. The normalized spacial score (nSPS) is 11.3. The Bertz CT molecular complexity index is 433. The molecule has 0 saturated carbocycles. The number of aliphatic hydroxyl groups excluding tert-OH is 1. The van der Waals surface area contributed by atoms with E-state index in [2.05, 4.69) is 25.2 Å². The summed E-state index contributed by atoms with van der Waals surface area (Å²) >= 11 is 0. The van der Waals surface area contributed by atoms with Crippen LogP contribution in [0.3, 0.4) is 0 Å². The van der Waals surface area contributed by atoms with Crippen LogP contribution in [0.2, 0.25) is 0 Å². The van der Waals surface area contributed by atoms with E-state index in [0.29, 0.717) is 5.56 Å². The summed E-state index contributed by atoms with van der Waals surface area (Å²) in [5, 5.41) is 21.2. The summed E-state index contributed by atoms with van der Waals surface area (Å²) in [6.45, 7) is 8.20. The van der Waals surface area contributed by atoms with Gasteiger partial charge in [-0.2, -0.15) is 5.26 Å². The van der Waals surface area contributed by atoms with Crippen molar-refractivity contribution in [3.63, 3.8) is 0 Å². The molecule has 0 aliphatic carbocycles. The maximum atomic E-state index is 8.96. The number of aliphatic hydroxyl groups is 1. The zero-order chi connectivity index (χ0) is 13.6. The monoisotopic (exact) mass is 246 g/mol. The van der Waals surface area contributed by atoms with Crippen LogP contribution in [0.25, 0.3) is 0 Å². The van der Waals surface area contributed by atoms with Crippen LogP contribution >= 0.6 is 0 Å². The summed E-state index contributed by atoms with van der Waals surface area (Å²) in [6, 6.07) is 7.91. The number of nitriles is 1. The Balaban J connectivity index is 2.52. The number of nitrogens with one attached hydrogen (secondary N) is 1. The van der Waals surface area contributed by atoms with E-state index in [-0.39, 0.29) is 12.0 Å². The van der Waals surface area contributed by atoms with Gasteiger partial charge in [0.15, 0.2) is 0 Å². The maximum Gasteiger partial charge on any atom is 0.0991 e. The molecule has 0 atom stereocenters. The van der Waals surface area contributed by atoms with E-state index >= 15 is 0 Å². The van der Waals surface area contributed by atoms with Crippen molar-refractivity contribution >= 4 is 0 Å². The molecule has 0 aliphatic rings. The molecule has 3 heteroatoms. The SMILES string of the molecule is Cc1cc(C#N)ccc1CNCC(C)(C)CCO. The fourth-order valence-electron chi connectivity index (χ4n) is 1.89. The Morgan fingerprint density at radius 2 is 2.11 bits per heavy atom. The lowest BCUT2D eigenvalue weighted by Crippen LogP contribution is -2.30. The van der Waals surface area contributed by atoms with E-state index in [9.17, 15) is 0 Å². The third kappa shape index (κ3) is 4.48. The van der Waals surface area contributed by atoms with Gasteiger partial charge in [0.1, 0.15) is 0 Å². The molecule has 1 aromatic carbocycles. The van der Waals surface area contributed by atoms with Gasteiger partial charge in [-0.3, -0.25) is 0 Å². The zero-order valence-electron chi connectivity index (χ0n) is 11.5. The quantitative estimate of drug-likeness (QED) is 0.810. The lowest BCUT2D eigenvalue weighted by Gasteiger charge is -2.24. The standard InChI is InChI=1S/C15H22N2O/c1-12-8-13(9-16)4-5-14(12)10-17-11-15(2,3)6-7-18/h4-5,8,17-18H,6-7,10-11H2,1-3H3. The van der Waals surface area contributed by atoms with E-state index in [1.165, 1.54) is 5.56 Å². The molecule has 0 amide bonds. The Kier molecular flexibility index (Phi) is 5.33. The Labute approximate surface area is 109 Å². The molecule has 0 radical (unpaired) electrons. The average Bonchev–Trinajstić information content (AvgIpc) is 2.31. The van der Waals surface area contributed by atoms with Gasteiger partial charge in [-0.25, -0.2) is 0 Å². The van der Waals surface area contributed by atoms with Crippen LogP contribution in [-0.4, -0.2) is 18.3 Å². The second-order valence-electron chi connectivity index (χ2n) is 5.49. The van der Waals surface area contributed by atoms with E-state index in [1.54, 1.807) is 0 Å². The van der Waals surface area contributed by atoms with E-state index in [1.807, 2.05) is 25.1 Å². The molecule has 18 heavy (non-hydrogen) atoms. The van der Waals surface area contributed by atoms with Crippen molar-refractivity contribution in [2.45, 2.75) is 33.7 Å². The summed E-state index contributed by atoms with van der Waals surface area (Å²) in [6.07, 6.45) is 0.798. The highest BCUT2D eigenvalue weighted by molar-refractivity contribution is 5.37. The van der Waals surface area contributed by atoms with Gasteiger partial charge in [0.05, 0.1) is 11.6 Å². The van der Waals surface area contributed by atoms with Gasteiger partial charge in [0.2, 0.25) is 0 Å². The Morgan fingerprint density at radius 3 is 2.67 bits per heavy atom. The highest BCUT2D eigenvalue weighted by Gasteiger charge is 2.16. The molecule has 1 aromatic rings. The van der Waals surface area contributed by atoms with Crippen molar-refractivity contribution in [2.75, 3.05) is 13.2 Å². The van der Waals surface area contributed by atoms with Crippen LogP contribution in [0, 0.1) is 23.7 Å². The largest absolute Gasteiger partial charge is 0.396 e. The number of benzene rings is 1. The van der Waals surface area contributed by atoms with Crippen molar-refractivity contribution in [1.29, 1.82) is 5.26 Å². The molecular formula is C15H22N2O. The first-order valence-electron chi connectivity index (χ1n) is 6.30. The summed E-state index contributed by atoms with van der Waals surface area (Å²) in [5.74, 6) is 0. The molecule has 0 aromatic heterocycles. The summed E-state index contributed by atoms with van der Waals surface area (Å²) < 4.78 is 0. The first kappa shape index (κ1) is 14.7. The topological polar surface area (TPSA) is 56.0 Å². The molecule has 0 saturated heterocycles. The summed E-state index contributed by atoms with van der Waals surface area (Å²) in [5.41, 5.74) is 3.17. The minimum Gasteiger partial charge on any atom is -0.396 e. The fourth-order valence-corrected chi connectivity index (χ4v) is 1.89. The molecule has 0 spiro atoms. The zero-order valence-corrected chi connectivity index (χ0v) is 11.5. The second kappa shape index (κ2) is 6.53. The minimum absolute atomic E-state index is 0.106. The fraction of sp³-hybridized carbons (Fsp3) is 0.533. The Morgan fingerprint density at radius 1 is 1.39 bits per heavy atom. The smallest absolute Gasteiger partial charge is 0.0991 e. The molecule has 0 aliphatic heterocycles. The maximum absolute atomic E-state index is 8.96. The highest BCUT2D eigenvalue weighted by Crippen LogP contribution is 2.18. The van der Waals surface area contributed by atoms with Gasteiger partial charge >= 0.3 is 0 Å². The first-order valence-corrected chi connectivity index (χ1v) is 6.30. The van der Waals surface area contributed by atoms with E-state index < -0.39 is 0 Å². The first-order chi connectivity index (χ1) is 8.48. The Hall–Kier alpha value is -1.37. The van der Waals surface area contributed by atoms with Crippen LogP contribution in [0.15, 0.2) is 18.2 Å². The van der Waals surface area contributed by atoms with Crippen LogP contribution in [0.5, 0.6) is 0 Å². The minimum atomic E-state index is 0.106. The second-order valence-corrected chi connectivity index (χ2v) is 5.49. The van der Waals surface area contributed by atoms with Gasteiger partial charge in [0.25, 0.3) is 0 Å². The molecule has 3 nitrogen and oxygen atoms in total. The third-order valence-corrected chi connectivity index (χ3v) is 3.18. The predicted octanol–water partition coefficient (Wildman–Crippen LogP) is 2.36. The van der Waals surface area contributed by atoms with E-state index in [0.717, 1.165) is 25.1 Å². The van der Waals surface area contributed by atoms with Gasteiger partial charge in [-0.15, -0.1) is 0 Å². The van der Waals surface area contributed by atoms with Crippen molar-refractivity contribution < 1.29 is 5.11 Å². The van der Waals surface area contributed by atoms with Crippen LogP contribution < -0.4 is 5.32 Å². The van der Waals surface area contributed by atoms with Crippen molar-refractivity contribution in [1.82, 2.24) is 5.32 Å². The number of nitrogens with zero attached hydrogens (tertiary/aromatic N) is 1. The number of hydrogen-bond acceptors (Lipinski definition) is 3. The molecule has 0 bridgehead atoms. The lowest BCUT2D eigenvalue weighted by atomic mass is 9.89. The molecule has 1 rings (SSSR count). The highest BCUT2D eigenvalue weighted by atomic mass is 16.3. The van der Waals surface area contributed by atoms with E-state index in [4.69, 9.17) is 10.4 Å². The van der Waals surface area contributed by atoms with Gasteiger partial charge < -0.3 is 10.4 Å². The molecule has 2 N–H and O–H groups in total. The summed E-state index contributed by atoms with van der Waals surface area (Å²) in [4.78, 5) is 0. The van der Waals surface area contributed by atoms with Gasteiger partial charge in [0, 0.05) is 19.7 Å². The molecular weight excluding hydrogens is 224 g/mol. The van der Waals surface area contributed by atoms with Gasteiger partial charge in [-0.05, 0) is 42.0 Å². The average molecular weight is 246 g/mol. The lowest BCUT2D eigenvalue weighted by molar-refractivity contribution is 0.207. The number of hydrogen-bond donors (Lipinski definition) is 2. The third-order valence-electron chi connectivity index (χ3n) is 3.18. The number of rotatable bonds is 6.